The summed E-state index contributed by atoms with van der Waals surface area (Å²) in [5, 5.41) is 5.00. The topological polar surface area (TPSA) is 75.3 Å². The molecule has 126 valence electrons. The molecule has 0 bridgehead atoms. The number of rotatable bonds is 5. The van der Waals surface area contributed by atoms with Crippen molar-refractivity contribution in [3.63, 3.8) is 0 Å². The highest BCUT2D eigenvalue weighted by Crippen LogP contribution is 2.20. The van der Waals surface area contributed by atoms with Crippen LogP contribution in [0.3, 0.4) is 0 Å². The van der Waals surface area contributed by atoms with Gasteiger partial charge in [0.15, 0.2) is 0 Å². The van der Waals surface area contributed by atoms with Crippen LogP contribution in [0.5, 0.6) is 0 Å². The van der Waals surface area contributed by atoms with Crippen molar-refractivity contribution in [3.05, 3.63) is 59.4 Å². The molecule has 0 saturated carbocycles. The maximum absolute atomic E-state index is 13.6. The number of hydrogen-bond acceptors (Lipinski definition) is 3. The largest absolute Gasteiger partial charge is 0.324 e. The predicted molar refractivity (Wildman–Crippen MR) is 92.9 cm³/mol. The van der Waals surface area contributed by atoms with Gasteiger partial charge in [-0.25, -0.2) is 4.39 Å². The van der Waals surface area contributed by atoms with E-state index >= 15 is 0 Å². The third-order valence-electron chi connectivity index (χ3n) is 3.09. The molecule has 2 amide bonds. The summed E-state index contributed by atoms with van der Waals surface area (Å²) >= 11 is 0. The van der Waals surface area contributed by atoms with Gasteiger partial charge in [0.2, 0.25) is 5.91 Å². The number of amides is 2. The van der Waals surface area contributed by atoms with Crippen molar-refractivity contribution < 1.29 is 18.2 Å². The molecule has 0 aliphatic heterocycles. The zero-order valence-corrected chi connectivity index (χ0v) is 14.1. The SMILES string of the molecule is CC(=O)Nc1cc(NC(=O)c2cccc(CS(C)=O)c2)ccc1F. The molecular formula is C17H17FN2O3S. The van der Waals surface area contributed by atoms with Gasteiger partial charge in [-0.15, -0.1) is 0 Å². The number of hydrogen-bond donors (Lipinski definition) is 2. The zero-order chi connectivity index (χ0) is 17.7. The highest BCUT2D eigenvalue weighted by Gasteiger charge is 2.10. The summed E-state index contributed by atoms with van der Waals surface area (Å²) in [5.41, 5.74) is 1.55. The predicted octanol–water partition coefficient (Wildman–Crippen LogP) is 2.91. The first-order valence-corrected chi connectivity index (χ1v) is 8.85. The van der Waals surface area contributed by atoms with Crippen LogP contribution in [-0.4, -0.2) is 22.3 Å². The Labute approximate surface area is 141 Å². The van der Waals surface area contributed by atoms with Crippen molar-refractivity contribution in [1.82, 2.24) is 0 Å². The summed E-state index contributed by atoms with van der Waals surface area (Å²) in [6, 6.07) is 10.7. The fourth-order valence-electron chi connectivity index (χ4n) is 2.13. The van der Waals surface area contributed by atoms with E-state index in [-0.39, 0.29) is 11.6 Å². The second-order valence-electron chi connectivity index (χ2n) is 5.25. The number of halogens is 1. The van der Waals surface area contributed by atoms with Gasteiger partial charge in [0.1, 0.15) is 5.82 Å². The molecule has 2 N–H and O–H groups in total. The highest BCUT2D eigenvalue weighted by molar-refractivity contribution is 7.83. The highest BCUT2D eigenvalue weighted by atomic mass is 32.2. The van der Waals surface area contributed by atoms with E-state index in [1.807, 2.05) is 0 Å². The van der Waals surface area contributed by atoms with E-state index in [0.29, 0.717) is 17.0 Å². The average Bonchev–Trinajstić information content (AvgIpc) is 2.49. The van der Waals surface area contributed by atoms with E-state index in [2.05, 4.69) is 10.6 Å². The lowest BCUT2D eigenvalue weighted by molar-refractivity contribution is -0.114. The molecule has 0 radical (unpaired) electrons. The minimum absolute atomic E-state index is 0.00423. The number of anilines is 2. The monoisotopic (exact) mass is 348 g/mol. The normalized spacial score (nSPS) is 11.6. The van der Waals surface area contributed by atoms with Crippen LogP contribution in [0.15, 0.2) is 42.5 Å². The fraction of sp³-hybridized carbons (Fsp3) is 0.176. The van der Waals surface area contributed by atoms with Gasteiger partial charge in [-0.05, 0) is 35.9 Å². The third kappa shape index (κ3) is 4.99. The second-order valence-corrected chi connectivity index (χ2v) is 6.68. The van der Waals surface area contributed by atoms with Gasteiger partial charge in [0.05, 0.1) is 5.69 Å². The number of carbonyl (C=O) groups is 2. The van der Waals surface area contributed by atoms with Gasteiger partial charge in [-0.3, -0.25) is 13.8 Å². The summed E-state index contributed by atoms with van der Waals surface area (Å²) < 4.78 is 24.9. The van der Waals surface area contributed by atoms with E-state index < -0.39 is 22.5 Å². The van der Waals surface area contributed by atoms with Crippen molar-refractivity contribution in [1.29, 1.82) is 0 Å². The van der Waals surface area contributed by atoms with Crippen LogP contribution in [0.4, 0.5) is 15.8 Å². The molecule has 0 spiro atoms. The fourth-order valence-corrected chi connectivity index (χ4v) is 2.78. The van der Waals surface area contributed by atoms with Crippen LogP contribution in [-0.2, 0) is 21.3 Å². The van der Waals surface area contributed by atoms with Crippen molar-refractivity contribution >= 4 is 34.0 Å². The van der Waals surface area contributed by atoms with E-state index in [1.54, 1.807) is 30.5 Å². The van der Waals surface area contributed by atoms with Gasteiger partial charge in [0, 0.05) is 41.0 Å². The Morgan fingerprint density at radius 1 is 1.12 bits per heavy atom. The summed E-state index contributed by atoms with van der Waals surface area (Å²) in [5.74, 6) is -1.00. The maximum atomic E-state index is 13.6. The van der Waals surface area contributed by atoms with E-state index in [0.717, 1.165) is 11.6 Å². The maximum Gasteiger partial charge on any atom is 0.255 e. The van der Waals surface area contributed by atoms with Crippen LogP contribution in [0.1, 0.15) is 22.8 Å². The van der Waals surface area contributed by atoms with Gasteiger partial charge in [-0.1, -0.05) is 12.1 Å². The summed E-state index contributed by atoms with van der Waals surface area (Å²) in [6.07, 6.45) is 1.59. The minimum Gasteiger partial charge on any atom is -0.324 e. The molecule has 0 aliphatic rings. The first-order chi connectivity index (χ1) is 11.3. The average molecular weight is 348 g/mol. The molecule has 1 atom stereocenters. The Morgan fingerprint density at radius 2 is 1.88 bits per heavy atom. The quantitative estimate of drug-likeness (QED) is 0.872. The van der Waals surface area contributed by atoms with Crippen LogP contribution in [0, 0.1) is 5.82 Å². The smallest absolute Gasteiger partial charge is 0.255 e. The Bertz CT molecular complexity index is 808. The molecule has 5 nitrogen and oxygen atoms in total. The van der Waals surface area contributed by atoms with Crippen molar-refractivity contribution in [2.24, 2.45) is 0 Å². The van der Waals surface area contributed by atoms with E-state index in [4.69, 9.17) is 0 Å². The van der Waals surface area contributed by atoms with Gasteiger partial charge in [0.25, 0.3) is 5.91 Å². The van der Waals surface area contributed by atoms with Gasteiger partial charge < -0.3 is 10.6 Å². The lowest BCUT2D eigenvalue weighted by Crippen LogP contribution is -2.13. The van der Waals surface area contributed by atoms with Crippen molar-refractivity contribution in [3.8, 4) is 0 Å². The van der Waals surface area contributed by atoms with Crippen molar-refractivity contribution in [2.45, 2.75) is 12.7 Å². The number of benzene rings is 2. The summed E-state index contributed by atoms with van der Waals surface area (Å²) in [6.45, 7) is 1.27. The molecule has 2 aromatic carbocycles. The van der Waals surface area contributed by atoms with Gasteiger partial charge >= 0.3 is 0 Å². The third-order valence-corrected chi connectivity index (χ3v) is 3.83. The van der Waals surface area contributed by atoms with E-state index in [9.17, 15) is 18.2 Å². The van der Waals surface area contributed by atoms with Crippen LogP contribution >= 0.6 is 0 Å². The first-order valence-electron chi connectivity index (χ1n) is 7.12. The van der Waals surface area contributed by atoms with Gasteiger partial charge in [-0.2, -0.15) is 0 Å². The van der Waals surface area contributed by atoms with Crippen LogP contribution in [0.2, 0.25) is 0 Å². The molecule has 2 aromatic rings. The molecule has 0 saturated heterocycles. The lowest BCUT2D eigenvalue weighted by Gasteiger charge is -2.09. The summed E-state index contributed by atoms with van der Waals surface area (Å²) in [4.78, 5) is 23.4. The Kier molecular flexibility index (Phi) is 5.81. The molecule has 24 heavy (non-hydrogen) atoms. The molecule has 0 aromatic heterocycles. The molecule has 0 aliphatic carbocycles. The molecule has 0 fully saturated rings. The zero-order valence-electron chi connectivity index (χ0n) is 13.3. The Morgan fingerprint density at radius 3 is 2.54 bits per heavy atom. The lowest BCUT2D eigenvalue weighted by atomic mass is 10.1. The Hall–Kier alpha value is -2.54. The second kappa shape index (κ2) is 7.83. The molecule has 0 heterocycles. The van der Waals surface area contributed by atoms with Crippen molar-refractivity contribution in [2.75, 3.05) is 16.9 Å². The summed E-state index contributed by atoms with van der Waals surface area (Å²) in [7, 11) is -1.00. The number of nitrogens with one attached hydrogen (secondary N) is 2. The molecule has 7 heteroatoms. The molecule has 1 unspecified atom stereocenters. The standard InChI is InChI=1S/C17H17FN2O3S/c1-11(21)19-16-9-14(6-7-15(16)18)20-17(22)13-5-3-4-12(8-13)10-24(2)23/h3-9H,10H2,1-2H3,(H,19,21)(H,20,22). The first kappa shape index (κ1) is 17.8. The van der Waals surface area contributed by atoms with Crippen LogP contribution in [0.25, 0.3) is 0 Å². The Balaban J connectivity index is 2.17. The van der Waals surface area contributed by atoms with Crippen LogP contribution < -0.4 is 10.6 Å². The number of carbonyl (C=O) groups excluding carboxylic acids is 2. The molecule has 2 rings (SSSR count). The minimum atomic E-state index is -1.00. The van der Waals surface area contributed by atoms with E-state index in [1.165, 1.54) is 19.1 Å². The molecular weight excluding hydrogens is 331 g/mol.